The highest BCUT2D eigenvalue weighted by Crippen LogP contribution is 2.11. The summed E-state index contributed by atoms with van der Waals surface area (Å²) in [6, 6.07) is 7.81. The van der Waals surface area contributed by atoms with Gasteiger partial charge in [-0.1, -0.05) is 19.1 Å². The molecule has 1 amide bonds. The second-order valence-electron chi connectivity index (χ2n) is 5.22. The molecule has 1 heterocycles. The van der Waals surface area contributed by atoms with E-state index in [1.807, 2.05) is 24.3 Å². The summed E-state index contributed by atoms with van der Waals surface area (Å²) < 4.78 is 0. The third-order valence-electron chi connectivity index (χ3n) is 3.63. The van der Waals surface area contributed by atoms with Crippen molar-refractivity contribution in [3.05, 3.63) is 29.8 Å². The zero-order chi connectivity index (χ0) is 13.7. The molecule has 1 aromatic rings. The molecule has 1 aliphatic heterocycles. The molecule has 5 heteroatoms. The first-order valence-electron chi connectivity index (χ1n) is 7.03. The zero-order valence-electron chi connectivity index (χ0n) is 12.0. The van der Waals surface area contributed by atoms with Crippen LogP contribution in [0.3, 0.4) is 0 Å². The first-order valence-corrected chi connectivity index (χ1v) is 7.03. The molecule has 0 bridgehead atoms. The van der Waals surface area contributed by atoms with Crippen LogP contribution in [0.1, 0.15) is 25.3 Å². The van der Waals surface area contributed by atoms with E-state index < -0.39 is 0 Å². The molecule has 20 heavy (non-hydrogen) atoms. The van der Waals surface area contributed by atoms with Crippen molar-refractivity contribution in [3.63, 3.8) is 0 Å². The van der Waals surface area contributed by atoms with Crippen molar-refractivity contribution in [2.75, 3.05) is 25.4 Å². The molecule has 1 fully saturated rings. The molecule has 2 rings (SSSR count). The maximum atomic E-state index is 12.0. The minimum absolute atomic E-state index is 0. The van der Waals surface area contributed by atoms with Gasteiger partial charge in [0.05, 0.1) is 6.42 Å². The summed E-state index contributed by atoms with van der Waals surface area (Å²) >= 11 is 0. The smallest absolute Gasteiger partial charge is 0.224 e. The van der Waals surface area contributed by atoms with Gasteiger partial charge in [-0.3, -0.25) is 4.79 Å². The van der Waals surface area contributed by atoms with E-state index in [0.29, 0.717) is 18.2 Å². The number of nitrogens with two attached hydrogens (primary N) is 1. The summed E-state index contributed by atoms with van der Waals surface area (Å²) in [5.41, 5.74) is 7.40. The molecule has 0 aromatic heterocycles. The van der Waals surface area contributed by atoms with Gasteiger partial charge in [0.15, 0.2) is 0 Å². The van der Waals surface area contributed by atoms with Crippen molar-refractivity contribution in [3.8, 4) is 0 Å². The van der Waals surface area contributed by atoms with Gasteiger partial charge in [0.25, 0.3) is 0 Å². The van der Waals surface area contributed by atoms with Gasteiger partial charge in [0.2, 0.25) is 5.91 Å². The predicted octanol–water partition coefficient (Wildman–Crippen LogP) is 1.83. The number of nitrogens with zero attached hydrogens (tertiary/aromatic N) is 1. The third kappa shape index (κ3) is 5.02. The van der Waals surface area contributed by atoms with Crippen molar-refractivity contribution < 1.29 is 4.79 Å². The Hall–Kier alpha value is -1.26. The number of carbonyl (C=O) groups is 1. The van der Waals surface area contributed by atoms with E-state index in [9.17, 15) is 4.79 Å². The van der Waals surface area contributed by atoms with E-state index in [1.165, 1.54) is 0 Å². The van der Waals surface area contributed by atoms with Crippen LogP contribution < -0.4 is 11.1 Å². The number of halogens is 1. The van der Waals surface area contributed by atoms with Crippen LogP contribution in [-0.4, -0.2) is 36.5 Å². The SMILES string of the molecule is CCN1CCCC(NC(=O)Cc2cccc(N)c2)C1.Cl. The Morgan fingerprint density at radius 3 is 3.00 bits per heavy atom. The third-order valence-corrected chi connectivity index (χ3v) is 3.63. The molecule has 0 saturated carbocycles. The molecule has 0 aliphatic carbocycles. The number of rotatable bonds is 4. The number of anilines is 1. The van der Waals surface area contributed by atoms with Gasteiger partial charge in [-0.2, -0.15) is 0 Å². The number of nitrogens with one attached hydrogen (secondary N) is 1. The summed E-state index contributed by atoms with van der Waals surface area (Å²) in [5.74, 6) is 0.0913. The van der Waals surface area contributed by atoms with Crippen LogP contribution in [0.25, 0.3) is 0 Å². The molecule has 1 unspecified atom stereocenters. The minimum Gasteiger partial charge on any atom is -0.399 e. The van der Waals surface area contributed by atoms with Gasteiger partial charge in [-0.25, -0.2) is 0 Å². The van der Waals surface area contributed by atoms with Crippen LogP contribution in [0, 0.1) is 0 Å². The minimum atomic E-state index is 0. The largest absolute Gasteiger partial charge is 0.399 e. The number of hydrogen-bond acceptors (Lipinski definition) is 3. The van der Waals surface area contributed by atoms with Crippen LogP contribution in [-0.2, 0) is 11.2 Å². The lowest BCUT2D eigenvalue weighted by Crippen LogP contribution is -2.47. The Labute approximate surface area is 127 Å². The Morgan fingerprint density at radius 2 is 2.30 bits per heavy atom. The Balaban J connectivity index is 0.00000200. The molecular weight excluding hydrogens is 274 g/mol. The second-order valence-corrected chi connectivity index (χ2v) is 5.22. The number of likely N-dealkylation sites (N-methyl/N-ethyl adjacent to an activating group) is 1. The Bertz CT molecular complexity index is 439. The fraction of sp³-hybridized carbons (Fsp3) is 0.533. The number of hydrogen-bond donors (Lipinski definition) is 2. The van der Waals surface area contributed by atoms with Crippen LogP contribution in [0.4, 0.5) is 5.69 Å². The standard InChI is InChI=1S/C15H23N3O.ClH/c1-2-18-8-4-7-14(11-18)17-15(19)10-12-5-3-6-13(16)9-12;/h3,5-6,9,14H,2,4,7-8,10-11,16H2,1H3,(H,17,19);1H. The maximum Gasteiger partial charge on any atom is 0.224 e. The molecule has 1 atom stereocenters. The predicted molar refractivity (Wildman–Crippen MR) is 85.1 cm³/mol. The summed E-state index contributed by atoms with van der Waals surface area (Å²) in [5, 5.41) is 3.13. The van der Waals surface area contributed by atoms with Crippen LogP contribution in [0.15, 0.2) is 24.3 Å². The Kier molecular flexibility index (Phi) is 6.82. The molecule has 112 valence electrons. The first-order chi connectivity index (χ1) is 9.17. The highest BCUT2D eigenvalue weighted by atomic mass is 35.5. The fourth-order valence-corrected chi connectivity index (χ4v) is 2.63. The Morgan fingerprint density at radius 1 is 1.50 bits per heavy atom. The van der Waals surface area contributed by atoms with E-state index in [2.05, 4.69) is 17.1 Å². The molecule has 1 aliphatic rings. The number of piperidine rings is 1. The average Bonchev–Trinajstić information content (AvgIpc) is 2.38. The molecule has 1 saturated heterocycles. The maximum absolute atomic E-state index is 12.0. The van der Waals surface area contributed by atoms with E-state index in [1.54, 1.807) is 0 Å². The summed E-state index contributed by atoms with van der Waals surface area (Å²) in [6.07, 6.45) is 2.66. The van der Waals surface area contributed by atoms with Crippen LogP contribution in [0.2, 0.25) is 0 Å². The quantitative estimate of drug-likeness (QED) is 0.834. The van der Waals surface area contributed by atoms with E-state index in [4.69, 9.17) is 5.73 Å². The molecule has 0 spiro atoms. The molecular formula is C15H24ClN3O. The second kappa shape index (κ2) is 8.12. The average molecular weight is 298 g/mol. The molecule has 0 radical (unpaired) electrons. The normalized spacial score (nSPS) is 19.1. The van der Waals surface area contributed by atoms with Crippen molar-refractivity contribution in [1.82, 2.24) is 10.2 Å². The zero-order valence-corrected chi connectivity index (χ0v) is 12.8. The number of benzene rings is 1. The highest BCUT2D eigenvalue weighted by molar-refractivity contribution is 5.85. The number of nitrogen functional groups attached to an aromatic ring is 1. The highest BCUT2D eigenvalue weighted by Gasteiger charge is 2.20. The van der Waals surface area contributed by atoms with Crippen LogP contribution >= 0.6 is 12.4 Å². The van der Waals surface area contributed by atoms with Gasteiger partial charge < -0.3 is 16.0 Å². The van der Waals surface area contributed by atoms with Gasteiger partial charge in [0.1, 0.15) is 0 Å². The molecule has 1 aromatic carbocycles. The topological polar surface area (TPSA) is 58.4 Å². The number of amides is 1. The van der Waals surface area contributed by atoms with Gasteiger partial charge in [-0.05, 0) is 43.6 Å². The summed E-state index contributed by atoms with van der Waals surface area (Å²) in [7, 11) is 0. The van der Waals surface area contributed by atoms with Gasteiger partial charge >= 0.3 is 0 Å². The number of likely N-dealkylation sites (tertiary alicyclic amines) is 1. The fourth-order valence-electron chi connectivity index (χ4n) is 2.63. The lowest BCUT2D eigenvalue weighted by atomic mass is 10.0. The van der Waals surface area contributed by atoms with E-state index in [0.717, 1.165) is 38.0 Å². The van der Waals surface area contributed by atoms with E-state index >= 15 is 0 Å². The van der Waals surface area contributed by atoms with E-state index in [-0.39, 0.29) is 18.3 Å². The first kappa shape index (κ1) is 16.8. The molecule has 3 N–H and O–H groups in total. The van der Waals surface area contributed by atoms with Crippen molar-refractivity contribution >= 4 is 24.0 Å². The lowest BCUT2D eigenvalue weighted by Gasteiger charge is -2.32. The van der Waals surface area contributed by atoms with Crippen molar-refractivity contribution in [2.45, 2.75) is 32.2 Å². The van der Waals surface area contributed by atoms with Crippen molar-refractivity contribution in [2.24, 2.45) is 0 Å². The number of carbonyl (C=O) groups excluding carboxylic acids is 1. The van der Waals surface area contributed by atoms with Crippen LogP contribution in [0.5, 0.6) is 0 Å². The van der Waals surface area contributed by atoms with Gasteiger partial charge in [-0.15, -0.1) is 12.4 Å². The monoisotopic (exact) mass is 297 g/mol. The van der Waals surface area contributed by atoms with Gasteiger partial charge in [0, 0.05) is 18.3 Å². The molecule has 4 nitrogen and oxygen atoms in total. The summed E-state index contributed by atoms with van der Waals surface area (Å²) in [6.45, 7) is 5.34. The van der Waals surface area contributed by atoms with Crippen molar-refractivity contribution in [1.29, 1.82) is 0 Å². The lowest BCUT2D eigenvalue weighted by molar-refractivity contribution is -0.121. The summed E-state index contributed by atoms with van der Waals surface area (Å²) in [4.78, 5) is 14.4.